The Morgan fingerprint density at radius 3 is 2.34 bits per heavy atom. The second kappa shape index (κ2) is 10.0. The Hall–Kier alpha value is -3.07. The molecule has 0 aliphatic heterocycles. The highest BCUT2D eigenvalue weighted by Crippen LogP contribution is 2.28. The first-order valence-electron chi connectivity index (χ1n) is 11.8. The van der Waals surface area contributed by atoms with Crippen LogP contribution in [0, 0.1) is 12.8 Å². The van der Waals surface area contributed by atoms with Gasteiger partial charge in [0.05, 0.1) is 17.6 Å². The molecule has 0 aliphatic rings. The molecule has 0 N–H and O–H groups in total. The van der Waals surface area contributed by atoms with Crippen molar-refractivity contribution in [1.82, 2.24) is 9.55 Å². The van der Waals surface area contributed by atoms with E-state index in [0.29, 0.717) is 12.5 Å². The number of aryl methyl sites for hydroxylation is 2. The maximum absolute atomic E-state index is 6.04. The molecule has 0 amide bonds. The van der Waals surface area contributed by atoms with Crippen molar-refractivity contribution in [3.05, 3.63) is 95.3 Å². The van der Waals surface area contributed by atoms with Gasteiger partial charge in [0, 0.05) is 12.5 Å². The van der Waals surface area contributed by atoms with E-state index < -0.39 is 0 Å². The van der Waals surface area contributed by atoms with Gasteiger partial charge in [-0.25, -0.2) is 4.98 Å². The van der Waals surface area contributed by atoms with Gasteiger partial charge in [0.25, 0.3) is 0 Å². The lowest BCUT2D eigenvalue weighted by atomic mass is 9.96. The third-order valence-corrected chi connectivity index (χ3v) is 6.07. The molecule has 1 atom stereocenters. The fourth-order valence-corrected chi connectivity index (χ4v) is 4.35. The zero-order valence-corrected chi connectivity index (χ0v) is 19.7. The highest BCUT2D eigenvalue weighted by atomic mass is 16.5. The lowest BCUT2D eigenvalue weighted by molar-refractivity contribution is 0.299. The molecule has 0 spiro atoms. The van der Waals surface area contributed by atoms with E-state index in [1.165, 1.54) is 22.2 Å². The number of hydrogen-bond donors (Lipinski definition) is 0. The summed E-state index contributed by atoms with van der Waals surface area (Å²) in [5.74, 6) is 2.99. The number of imidazole rings is 1. The topological polar surface area (TPSA) is 27.1 Å². The van der Waals surface area contributed by atoms with Crippen molar-refractivity contribution in [3.63, 3.8) is 0 Å². The van der Waals surface area contributed by atoms with E-state index in [-0.39, 0.29) is 5.92 Å². The fraction of sp³-hybridized carbons (Fsp3) is 0.345. The first kappa shape index (κ1) is 22.1. The highest BCUT2D eigenvalue weighted by Gasteiger charge is 2.18. The average Bonchev–Trinajstić information content (AvgIpc) is 3.16. The predicted octanol–water partition coefficient (Wildman–Crippen LogP) is 7.16. The quantitative estimate of drug-likeness (QED) is 0.265. The summed E-state index contributed by atoms with van der Waals surface area (Å²) in [6.07, 6.45) is 2.05. The van der Waals surface area contributed by atoms with Gasteiger partial charge in [-0.15, -0.1) is 0 Å². The number of aromatic nitrogens is 2. The molecule has 166 valence electrons. The van der Waals surface area contributed by atoms with E-state index >= 15 is 0 Å². The summed E-state index contributed by atoms with van der Waals surface area (Å²) in [4.78, 5) is 5.03. The van der Waals surface area contributed by atoms with Crippen LogP contribution in [0.4, 0.5) is 0 Å². The standard InChI is InChI=1S/C29H34N2O/c1-21(2)20-24-14-16-25(17-15-24)23(4)29-30-26-11-6-7-12-27(26)31(29)18-9-19-32-28-13-8-5-10-22(28)3/h5-8,10-17,21,23H,9,18-20H2,1-4H3. The summed E-state index contributed by atoms with van der Waals surface area (Å²) >= 11 is 0. The smallest absolute Gasteiger partial charge is 0.122 e. The molecular weight excluding hydrogens is 392 g/mol. The zero-order chi connectivity index (χ0) is 22.5. The summed E-state index contributed by atoms with van der Waals surface area (Å²) in [5.41, 5.74) is 6.14. The second-order valence-corrected chi connectivity index (χ2v) is 9.14. The summed E-state index contributed by atoms with van der Waals surface area (Å²) in [6, 6.07) is 25.7. The van der Waals surface area contributed by atoms with Crippen molar-refractivity contribution in [1.29, 1.82) is 0 Å². The van der Waals surface area contributed by atoms with Crippen LogP contribution >= 0.6 is 0 Å². The molecule has 1 unspecified atom stereocenters. The maximum atomic E-state index is 6.04. The van der Waals surface area contributed by atoms with Crippen molar-refractivity contribution in [3.8, 4) is 5.75 Å². The molecule has 1 aromatic heterocycles. The molecule has 1 heterocycles. The van der Waals surface area contributed by atoms with Crippen LogP contribution in [-0.2, 0) is 13.0 Å². The van der Waals surface area contributed by atoms with E-state index in [1.54, 1.807) is 0 Å². The molecule has 3 aromatic carbocycles. The molecule has 0 bridgehead atoms. The Bertz CT molecular complexity index is 1160. The van der Waals surface area contributed by atoms with Crippen molar-refractivity contribution in [2.24, 2.45) is 5.92 Å². The molecule has 0 saturated heterocycles. The summed E-state index contributed by atoms with van der Waals surface area (Å²) in [7, 11) is 0. The normalized spacial score (nSPS) is 12.4. The third kappa shape index (κ3) is 5.04. The Balaban J connectivity index is 1.52. The van der Waals surface area contributed by atoms with E-state index in [2.05, 4.69) is 86.9 Å². The minimum Gasteiger partial charge on any atom is -0.493 e. The van der Waals surface area contributed by atoms with Crippen LogP contribution < -0.4 is 4.74 Å². The van der Waals surface area contributed by atoms with E-state index in [9.17, 15) is 0 Å². The van der Waals surface area contributed by atoms with Gasteiger partial charge in [-0.3, -0.25) is 0 Å². The molecule has 3 heteroatoms. The number of ether oxygens (including phenoxy) is 1. The van der Waals surface area contributed by atoms with Crippen molar-refractivity contribution < 1.29 is 4.74 Å². The van der Waals surface area contributed by atoms with Crippen LogP contribution in [0.15, 0.2) is 72.8 Å². The Morgan fingerprint density at radius 2 is 1.59 bits per heavy atom. The van der Waals surface area contributed by atoms with Crippen LogP contribution in [0.25, 0.3) is 11.0 Å². The molecule has 0 saturated carbocycles. The average molecular weight is 427 g/mol. The van der Waals surface area contributed by atoms with E-state index in [0.717, 1.165) is 36.5 Å². The number of benzene rings is 3. The van der Waals surface area contributed by atoms with Gasteiger partial charge >= 0.3 is 0 Å². The monoisotopic (exact) mass is 426 g/mol. The Labute approximate surface area is 192 Å². The number of hydrogen-bond acceptors (Lipinski definition) is 2. The van der Waals surface area contributed by atoms with Gasteiger partial charge in [-0.2, -0.15) is 0 Å². The van der Waals surface area contributed by atoms with Gasteiger partial charge in [-0.1, -0.05) is 75.4 Å². The second-order valence-electron chi connectivity index (χ2n) is 9.14. The first-order valence-corrected chi connectivity index (χ1v) is 11.8. The zero-order valence-electron chi connectivity index (χ0n) is 19.7. The van der Waals surface area contributed by atoms with E-state index in [1.807, 2.05) is 18.2 Å². The van der Waals surface area contributed by atoms with Gasteiger partial charge in [0.1, 0.15) is 11.6 Å². The SMILES string of the molecule is Cc1ccccc1OCCCn1c(C(C)c2ccc(CC(C)C)cc2)nc2ccccc21. The molecule has 4 rings (SSSR count). The summed E-state index contributed by atoms with van der Waals surface area (Å²) in [6.45, 7) is 10.5. The van der Waals surface area contributed by atoms with Crippen LogP contribution in [0.3, 0.4) is 0 Å². The van der Waals surface area contributed by atoms with Crippen molar-refractivity contribution in [2.75, 3.05) is 6.61 Å². The van der Waals surface area contributed by atoms with Gasteiger partial charge < -0.3 is 9.30 Å². The lowest BCUT2D eigenvalue weighted by Crippen LogP contribution is -2.11. The van der Waals surface area contributed by atoms with E-state index in [4.69, 9.17) is 9.72 Å². The summed E-state index contributed by atoms with van der Waals surface area (Å²) < 4.78 is 8.42. The molecular formula is C29H34N2O. The first-order chi connectivity index (χ1) is 15.5. The van der Waals surface area contributed by atoms with Gasteiger partial charge in [0.2, 0.25) is 0 Å². The Morgan fingerprint density at radius 1 is 0.875 bits per heavy atom. The van der Waals surface area contributed by atoms with Crippen molar-refractivity contribution in [2.45, 2.75) is 53.0 Å². The lowest BCUT2D eigenvalue weighted by Gasteiger charge is -2.16. The minimum atomic E-state index is 0.229. The molecule has 3 nitrogen and oxygen atoms in total. The number of nitrogens with zero attached hydrogens (tertiary/aromatic N) is 2. The number of para-hydroxylation sites is 3. The predicted molar refractivity (Wildman–Crippen MR) is 134 cm³/mol. The summed E-state index contributed by atoms with van der Waals surface area (Å²) in [5, 5.41) is 0. The molecule has 32 heavy (non-hydrogen) atoms. The van der Waals surface area contributed by atoms with Crippen LogP contribution in [0.1, 0.15) is 55.6 Å². The number of fused-ring (bicyclic) bond motifs is 1. The third-order valence-electron chi connectivity index (χ3n) is 6.07. The van der Waals surface area contributed by atoms with Crippen LogP contribution in [0.2, 0.25) is 0 Å². The molecule has 0 fully saturated rings. The fourth-order valence-electron chi connectivity index (χ4n) is 4.35. The van der Waals surface area contributed by atoms with Crippen LogP contribution in [0.5, 0.6) is 5.75 Å². The van der Waals surface area contributed by atoms with Crippen LogP contribution in [-0.4, -0.2) is 16.2 Å². The van der Waals surface area contributed by atoms with Crippen molar-refractivity contribution >= 4 is 11.0 Å². The largest absolute Gasteiger partial charge is 0.493 e. The van der Waals surface area contributed by atoms with Gasteiger partial charge in [-0.05, 0) is 60.6 Å². The molecule has 4 aromatic rings. The highest BCUT2D eigenvalue weighted by molar-refractivity contribution is 5.76. The number of rotatable bonds is 9. The minimum absolute atomic E-state index is 0.229. The molecule has 0 radical (unpaired) electrons. The molecule has 0 aliphatic carbocycles. The maximum Gasteiger partial charge on any atom is 0.122 e. The van der Waals surface area contributed by atoms with Gasteiger partial charge in [0.15, 0.2) is 0 Å². The Kier molecular flexibility index (Phi) is 6.94.